The quantitative estimate of drug-likeness (QED) is 0.465. The number of methoxy groups -OCH3 is 1. The van der Waals surface area contributed by atoms with Gasteiger partial charge >= 0.3 is 0 Å². The van der Waals surface area contributed by atoms with Gasteiger partial charge in [0.2, 0.25) is 12.7 Å². The van der Waals surface area contributed by atoms with Crippen molar-refractivity contribution < 1.29 is 28.8 Å². The molecule has 4 aliphatic heterocycles. The molecule has 4 aliphatic rings. The number of nitrogens with zero attached hydrogens (tertiary/aromatic N) is 3. The largest absolute Gasteiger partial charge is 0.504 e. The Balaban J connectivity index is 1.60. The van der Waals surface area contributed by atoms with Crippen LogP contribution in [0.4, 0.5) is 0 Å². The molecular weight excluding hydrogens is 548 g/mol. The summed E-state index contributed by atoms with van der Waals surface area (Å²) in [7, 11) is 3.61. The van der Waals surface area contributed by atoms with E-state index in [0.717, 1.165) is 33.4 Å². The SMILES string of the molecule is C=CCOc1c(C)c2c(c3c1CC1[C@H]4c5c(cc(C)c(OC)c5O)C[C@@H]([C@H](C#N)N1[C@H]3CNC(=O)C(C)C)N4C)OCO2. The number of aryl methyl sites for hydroxylation is 1. The molecular formula is C33H40N4O6. The lowest BCUT2D eigenvalue weighted by atomic mass is 9.71. The lowest BCUT2D eigenvalue weighted by Crippen LogP contribution is -2.68. The van der Waals surface area contributed by atoms with Gasteiger partial charge in [-0.25, -0.2) is 0 Å². The zero-order chi connectivity index (χ0) is 30.7. The summed E-state index contributed by atoms with van der Waals surface area (Å²) in [5.41, 5.74) is 5.40. The number of piperazine rings is 1. The first-order valence-electron chi connectivity index (χ1n) is 14.9. The number of hydrogen-bond acceptors (Lipinski definition) is 9. The van der Waals surface area contributed by atoms with E-state index in [0.29, 0.717) is 42.4 Å². The van der Waals surface area contributed by atoms with Crippen molar-refractivity contribution >= 4 is 5.91 Å². The van der Waals surface area contributed by atoms with E-state index in [4.69, 9.17) is 18.9 Å². The third kappa shape index (κ3) is 4.32. The van der Waals surface area contributed by atoms with Gasteiger partial charge in [-0.2, -0.15) is 5.26 Å². The Hall–Kier alpha value is -3.94. The number of rotatable bonds is 7. The van der Waals surface area contributed by atoms with Crippen molar-refractivity contribution in [2.24, 2.45) is 5.92 Å². The highest BCUT2D eigenvalue weighted by Gasteiger charge is 2.56. The van der Waals surface area contributed by atoms with Crippen LogP contribution in [0.5, 0.6) is 28.7 Å². The van der Waals surface area contributed by atoms with Crippen LogP contribution in [-0.2, 0) is 17.6 Å². The number of carbonyl (C=O) groups excluding carboxylic acids is 1. The maximum absolute atomic E-state index is 12.9. The van der Waals surface area contributed by atoms with E-state index in [9.17, 15) is 15.2 Å². The van der Waals surface area contributed by atoms with Crippen molar-refractivity contribution in [2.75, 3.05) is 34.1 Å². The lowest BCUT2D eigenvalue weighted by molar-refractivity contribution is -0.125. The minimum atomic E-state index is -0.491. The number of hydrogen-bond donors (Lipinski definition) is 2. The van der Waals surface area contributed by atoms with Gasteiger partial charge in [0.15, 0.2) is 23.0 Å². The summed E-state index contributed by atoms with van der Waals surface area (Å²) >= 11 is 0. The van der Waals surface area contributed by atoms with Crippen LogP contribution in [0.2, 0.25) is 0 Å². The fraction of sp³-hybridized carbons (Fsp3) is 0.515. The van der Waals surface area contributed by atoms with E-state index in [1.165, 1.54) is 0 Å². The number of nitrogens with one attached hydrogen (secondary N) is 1. The van der Waals surface area contributed by atoms with Gasteiger partial charge in [-0.05, 0) is 44.9 Å². The number of nitriles is 1. The molecule has 0 saturated carbocycles. The first-order valence-corrected chi connectivity index (χ1v) is 14.9. The molecule has 10 heteroatoms. The Kier molecular flexibility index (Phi) is 7.43. The van der Waals surface area contributed by atoms with Gasteiger partial charge in [0.25, 0.3) is 0 Å². The molecule has 4 heterocycles. The van der Waals surface area contributed by atoms with Gasteiger partial charge < -0.3 is 29.4 Å². The highest BCUT2D eigenvalue weighted by atomic mass is 16.7. The van der Waals surface area contributed by atoms with Crippen molar-refractivity contribution in [3.05, 3.63) is 52.1 Å². The van der Waals surface area contributed by atoms with Crippen LogP contribution in [0.15, 0.2) is 18.7 Å². The van der Waals surface area contributed by atoms with E-state index in [1.807, 2.05) is 34.7 Å². The topological polar surface area (TPSA) is 117 Å². The zero-order valence-corrected chi connectivity index (χ0v) is 25.7. The van der Waals surface area contributed by atoms with Crippen molar-refractivity contribution in [3.8, 4) is 34.8 Å². The summed E-state index contributed by atoms with van der Waals surface area (Å²) in [6, 6.07) is 3.21. The minimum Gasteiger partial charge on any atom is -0.504 e. The van der Waals surface area contributed by atoms with E-state index in [1.54, 1.807) is 13.2 Å². The molecule has 1 fully saturated rings. The predicted molar refractivity (Wildman–Crippen MR) is 160 cm³/mol. The second-order valence-electron chi connectivity index (χ2n) is 12.2. The second-order valence-corrected chi connectivity index (χ2v) is 12.2. The average Bonchev–Trinajstić information content (AvgIpc) is 3.46. The molecule has 5 atom stereocenters. The Bertz CT molecular complexity index is 1530. The van der Waals surface area contributed by atoms with Crippen molar-refractivity contribution in [3.63, 3.8) is 0 Å². The number of benzene rings is 2. The van der Waals surface area contributed by atoms with E-state index >= 15 is 0 Å². The van der Waals surface area contributed by atoms with Crippen LogP contribution in [0.1, 0.15) is 59.3 Å². The Morgan fingerprint density at radius 1 is 1.23 bits per heavy atom. The number of likely N-dealkylation sites (N-methyl/N-ethyl adjacent to an activating group) is 1. The van der Waals surface area contributed by atoms with E-state index in [2.05, 4.69) is 33.8 Å². The summed E-state index contributed by atoms with van der Waals surface area (Å²) in [4.78, 5) is 17.4. The van der Waals surface area contributed by atoms with Gasteiger partial charge in [-0.1, -0.05) is 32.6 Å². The second kappa shape index (κ2) is 11.0. The van der Waals surface area contributed by atoms with Crippen LogP contribution in [0.25, 0.3) is 0 Å². The van der Waals surface area contributed by atoms with Crippen LogP contribution in [0.3, 0.4) is 0 Å². The molecule has 228 valence electrons. The van der Waals surface area contributed by atoms with Crippen LogP contribution < -0.4 is 24.3 Å². The maximum Gasteiger partial charge on any atom is 0.231 e. The Morgan fingerprint density at radius 2 is 1.98 bits per heavy atom. The molecule has 0 spiro atoms. The number of ether oxygens (including phenoxy) is 4. The number of phenolic OH excluding ortho intramolecular Hbond substituents is 1. The molecule has 43 heavy (non-hydrogen) atoms. The number of aromatic hydroxyl groups is 1. The minimum absolute atomic E-state index is 0.0706. The van der Waals surface area contributed by atoms with Crippen molar-refractivity contribution in [2.45, 2.75) is 70.7 Å². The van der Waals surface area contributed by atoms with Crippen LogP contribution >= 0.6 is 0 Å². The van der Waals surface area contributed by atoms with Crippen molar-refractivity contribution in [1.82, 2.24) is 15.1 Å². The number of phenols is 1. The van der Waals surface area contributed by atoms with Gasteiger partial charge in [-0.3, -0.25) is 14.6 Å². The Labute approximate surface area is 252 Å². The molecule has 0 aromatic heterocycles. The summed E-state index contributed by atoms with van der Waals surface area (Å²) in [5.74, 6) is 2.31. The van der Waals surface area contributed by atoms with Crippen LogP contribution in [0, 0.1) is 31.1 Å². The molecule has 10 nitrogen and oxygen atoms in total. The first-order chi connectivity index (χ1) is 20.6. The molecule has 2 bridgehead atoms. The van der Waals surface area contributed by atoms with E-state index in [-0.39, 0.29) is 49.0 Å². The molecule has 1 unspecified atom stereocenters. The molecule has 2 aromatic rings. The average molecular weight is 589 g/mol. The Morgan fingerprint density at radius 3 is 2.65 bits per heavy atom. The van der Waals surface area contributed by atoms with E-state index < -0.39 is 12.1 Å². The predicted octanol–water partition coefficient (Wildman–Crippen LogP) is 3.85. The highest BCUT2D eigenvalue weighted by molar-refractivity contribution is 5.78. The standard InChI is InChI=1S/C33H40N4O6/c1-8-9-41-30-18(5)31-32(43-15-42-31)26-20(30)12-22-27-25-19(10-17(4)29(40-7)28(25)38)11-21(36(27)6)23(13-34)37(22)24(26)14-35-33(39)16(2)3/h8,10,16,21-24,27,38H,1,9,11-12,14-15H2,2-7H3,(H,35,39)/t21-,22?,23-,24-,27-/m0/s1. The third-order valence-corrected chi connectivity index (χ3v) is 9.60. The molecule has 0 aliphatic carbocycles. The van der Waals surface area contributed by atoms with Crippen molar-refractivity contribution in [1.29, 1.82) is 5.26 Å². The summed E-state index contributed by atoms with van der Waals surface area (Å²) < 4.78 is 24.0. The normalized spacial score (nSPS) is 25.3. The molecule has 1 amide bonds. The maximum atomic E-state index is 12.9. The van der Waals surface area contributed by atoms with Gasteiger partial charge in [0, 0.05) is 46.8 Å². The third-order valence-electron chi connectivity index (χ3n) is 9.60. The number of carbonyl (C=O) groups is 1. The molecule has 2 N–H and O–H groups in total. The first kappa shape index (κ1) is 29.1. The van der Waals surface area contributed by atoms with Gasteiger partial charge in [0.1, 0.15) is 18.4 Å². The number of fused-ring (bicyclic) bond motifs is 9. The fourth-order valence-electron chi connectivity index (χ4n) is 7.77. The summed E-state index contributed by atoms with van der Waals surface area (Å²) in [6.45, 7) is 12.1. The highest BCUT2D eigenvalue weighted by Crippen LogP contribution is 2.58. The molecule has 2 aromatic carbocycles. The molecule has 1 saturated heterocycles. The van der Waals surface area contributed by atoms with Gasteiger partial charge in [-0.15, -0.1) is 0 Å². The zero-order valence-electron chi connectivity index (χ0n) is 25.7. The molecule has 6 rings (SSSR count). The summed E-state index contributed by atoms with van der Waals surface area (Å²) in [6.07, 6.45) is 2.84. The lowest BCUT2D eigenvalue weighted by Gasteiger charge is -2.60. The number of amides is 1. The van der Waals surface area contributed by atoms with Crippen LogP contribution in [-0.4, -0.2) is 73.0 Å². The summed E-state index contributed by atoms with van der Waals surface area (Å²) in [5, 5.41) is 25.6. The molecule has 0 radical (unpaired) electrons. The monoisotopic (exact) mass is 588 g/mol. The van der Waals surface area contributed by atoms with Gasteiger partial charge in [0.05, 0.1) is 25.3 Å². The fourth-order valence-corrected chi connectivity index (χ4v) is 7.77. The smallest absolute Gasteiger partial charge is 0.231 e.